The van der Waals surface area contributed by atoms with Gasteiger partial charge in [-0.15, -0.1) is 0 Å². The summed E-state index contributed by atoms with van der Waals surface area (Å²) in [5, 5.41) is 11.1. The van der Waals surface area contributed by atoms with Gasteiger partial charge in [0.05, 0.1) is 6.61 Å². The lowest BCUT2D eigenvalue weighted by molar-refractivity contribution is 0.101. The molecule has 0 aromatic heterocycles. The molecule has 0 unspecified atom stereocenters. The maximum atomic E-state index is 11.5. The van der Waals surface area contributed by atoms with Gasteiger partial charge in [-0.2, -0.15) is 0 Å². The molecule has 0 aliphatic heterocycles. The largest absolute Gasteiger partial charge is 0.392 e. The van der Waals surface area contributed by atoms with E-state index in [1.54, 1.807) is 6.07 Å². The van der Waals surface area contributed by atoms with Crippen LogP contribution in [-0.2, 0) is 6.61 Å². The van der Waals surface area contributed by atoms with Gasteiger partial charge in [-0.25, -0.2) is 0 Å². The van der Waals surface area contributed by atoms with Crippen molar-refractivity contribution in [1.29, 1.82) is 0 Å². The molecule has 2 heteroatoms. The Bertz CT molecular complexity index is 515. The molecule has 0 aliphatic carbocycles. The number of aliphatic hydroxyl groups is 1. The summed E-state index contributed by atoms with van der Waals surface area (Å²) >= 11 is 0. The van der Waals surface area contributed by atoms with Crippen LogP contribution in [0.1, 0.15) is 22.8 Å². The second-order valence-electron chi connectivity index (χ2n) is 3.54. The molecule has 0 radical (unpaired) electrons. The number of hydrogen-bond donors (Lipinski definition) is 1. The Labute approximate surface area is 88.2 Å². The first-order chi connectivity index (χ1) is 7.24. The summed E-state index contributed by atoms with van der Waals surface area (Å²) in [6, 6.07) is 11.4. The maximum absolute atomic E-state index is 11.5. The fourth-order valence-corrected chi connectivity index (χ4v) is 1.86. The van der Waals surface area contributed by atoms with Crippen LogP contribution in [0.2, 0.25) is 0 Å². The van der Waals surface area contributed by atoms with E-state index in [2.05, 4.69) is 0 Å². The average molecular weight is 200 g/mol. The molecule has 0 heterocycles. The van der Waals surface area contributed by atoms with Gasteiger partial charge in [-0.05, 0) is 23.3 Å². The first-order valence-corrected chi connectivity index (χ1v) is 4.86. The molecule has 2 aromatic carbocycles. The molecule has 76 valence electrons. The number of benzene rings is 2. The molecule has 0 saturated heterocycles. The standard InChI is InChI=1S/C13H12O2/c1-9(15)13-11(8-14)7-6-10-4-2-3-5-12(10)13/h2-7,14H,8H2,1H3. The van der Waals surface area contributed by atoms with E-state index in [4.69, 9.17) is 0 Å². The van der Waals surface area contributed by atoms with E-state index in [1.165, 1.54) is 6.92 Å². The van der Waals surface area contributed by atoms with E-state index in [0.29, 0.717) is 11.1 Å². The molecule has 2 nitrogen and oxygen atoms in total. The molecular formula is C13H12O2. The van der Waals surface area contributed by atoms with Crippen LogP contribution in [0.3, 0.4) is 0 Å². The zero-order valence-corrected chi connectivity index (χ0v) is 8.53. The van der Waals surface area contributed by atoms with Crippen molar-refractivity contribution in [3.8, 4) is 0 Å². The first kappa shape index (κ1) is 9.87. The number of Topliss-reactive ketones (excluding diaryl/α,β-unsaturated/α-hetero) is 1. The Morgan fingerprint density at radius 1 is 1.20 bits per heavy atom. The van der Waals surface area contributed by atoms with Crippen molar-refractivity contribution in [1.82, 2.24) is 0 Å². The van der Waals surface area contributed by atoms with Crippen molar-refractivity contribution in [2.45, 2.75) is 13.5 Å². The number of hydrogen-bond acceptors (Lipinski definition) is 2. The van der Waals surface area contributed by atoms with Crippen molar-refractivity contribution in [2.75, 3.05) is 0 Å². The molecule has 0 spiro atoms. The molecule has 0 bridgehead atoms. The Kier molecular flexibility index (Phi) is 2.52. The number of aliphatic hydroxyl groups excluding tert-OH is 1. The fourth-order valence-electron chi connectivity index (χ4n) is 1.86. The van der Waals surface area contributed by atoms with Crippen LogP contribution in [-0.4, -0.2) is 10.9 Å². The number of fused-ring (bicyclic) bond motifs is 1. The SMILES string of the molecule is CC(=O)c1c(CO)ccc2ccccc12. The Balaban J connectivity index is 2.85. The lowest BCUT2D eigenvalue weighted by Crippen LogP contribution is -2.00. The summed E-state index contributed by atoms with van der Waals surface area (Å²) in [5.74, 6) is -0.00384. The smallest absolute Gasteiger partial charge is 0.160 e. The number of ketones is 1. The summed E-state index contributed by atoms with van der Waals surface area (Å²) in [7, 11) is 0. The average Bonchev–Trinajstić information content (AvgIpc) is 2.27. The van der Waals surface area contributed by atoms with Crippen LogP contribution in [0, 0.1) is 0 Å². The van der Waals surface area contributed by atoms with Crippen LogP contribution in [0.25, 0.3) is 10.8 Å². The minimum absolute atomic E-state index is 0.00384. The lowest BCUT2D eigenvalue weighted by Gasteiger charge is -2.08. The summed E-state index contributed by atoms with van der Waals surface area (Å²) in [5.41, 5.74) is 1.33. The minimum Gasteiger partial charge on any atom is -0.392 e. The van der Waals surface area contributed by atoms with Crippen LogP contribution in [0.5, 0.6) is 0 Å². The fraction of sp³-hybridized carbons (Fsp3) is 0.154. The van der Waals surface area contributed by atoms with Gasteiger partial charge in [0, 0.05) is 5.56 Å². The quantitative estimate of drug-likeness (QED) is 0.756. The van der Waals surface area contributed by atoms with Gasteiger partial charge in [-0.3, -0.25) is 4.79 Å². The van der Waals surface area contributed by atoms with Gasteiger partial charge < -0.3 is 5.11 Å². The van der Waals surface area contributed by atoms with Crippen LogP contribution in [0.15, 0.2) is 36.4 Å². The predicted molar refractivity (Wildman–Crippen MR) is 59.9 cm³/mol. The lowest BCUT2D eigenvalue weighted by atomic mass is 9.97. The van der Waals surface area contributed by atoms with E-state index in [9.17, 15) is 9.90 Å². The third-order valence-electron chi connectivity index (χ3n) is 2.54. The number of carbonyl (C=O) groups is 1. The van der Waals surface area contributed by atoms with Gasteiger partial charge in [-0.1, -0.05) is 36.4 Å². The molecular weight excluding hydrogens is 188 g/mol. The molecule has 0 amide bonds. The van der Waals surface area contributed by atoms with Crippen molar-refractivity contribution in [3.63, 3.8) is 0 Å². The molecule has 0 fully saturated rings. The zero-order valence-electron chi connectivity index (χ0n) is 8.53. The van der Waals surface area contributed by atoms with Gasteiger partial charge in [0.15, 0.2) is 5.78 Å². The van der Waals surface area contributed by atoms with Gasteiger partial charge in [0.1, 0.15) is 0 Å². The van der Waals surface area contributed by atoms with Crippen LogP contribution >= 0.6 is 0 Å². The second-order valence-corrected chi connectivity index (χ2v) is 3.54. The molecule has 15 heavy (non-hydrogen) atoms. The Morgan fingerprint density at radius 3 is 2.60 bits per heavy atom. The topological polar surface area (TPSA) is 37.3 Å². The minimum atomic E-state index is -0.0975. The molecule has 0 atom stereocenters. The molecule has 2 rings (SSSR count). The molecule has 0 aliphatic rings. The van der Waals surface area contributed by atoms with Crippen molar-refractivity contribution in [3.05, 3.63) is 47.5 Å². The monoisotopic (exact) mass is 200 g/mol. The Hall–Kier alpha value is -1.67. The highest BCUT2D eigenvalue weighted by Gasteiger charge is 2.10. The van der Waals surface area contributed by atoms with Gasteiger partial charge in [0.25, 0.3) is 0 Å². The third kappa shape index (κ3) is 1.64. The summed E-state index contributed by atoms with van der Waals surface area (Å²) < 4.78 is 0. The molecule has 0 saturated carbocycles. The van der Waals surface area contributed by atoms with E-state index in [1.807, 2.05) is 30.3 Å². The van der Waals surface area contributed by atoms with E-state index in [0.717, 1.165) is 10.8 Å². The van der Waals surface area contributed by atoms with Gasteiger partial charge in [0.2, 0.25) is 0 Å². The summed E-state index contributed by atoms with van der Waals surface area (Å²) in [6.45, 7) is 1.43. The number of rotatable bonds is 2. The normalized spacial score (nSPS) is 10.5. The van der Waals surface area contributed by atoms with E-state index >= 15 is 0 Å². The summed E-state index contributed by atoms with van der Waals surface area (Å²) in [6.07, 6.45) is 0. The molecule has 2 aromatic rings. The van der Waals surface area contributed by atoms with Crippen molar-refractivity contribution >= 4 is 16.6 Å². The molecule has 1 N–H and O–H groups in total. The predicted octanol–water partition coefficient (Wildman–Crippen LogP) is 2.53. The number of carbonyl (C=O) groups excluding carboxylic acids is 1. The maximum Gasteiger partial charge on any atom is 0.160 e. The zero-order chi connectivity index (χ0) is 10.8. The van der Waals surface area contributed by atoms with Crippen LogP contribution < -0.4 is 0 Å². The van der Waals surface area contributed by atoms with Crippen molar-refractivity contribution < 1.29 is 9.90 Å². The second kappa shape index (κ2) is 3.83. The first-order valence-electron chi connectivity index (χ1n) is 4.86. The van der Waals surface area contributed by atoms with E-state index < -0.39 is 0 Å². The van der Waals surface area contributed by atoms with Crippen molar-refractivity contribution in [2.24, 2.45) is 0 Å². The highest BCUT2D eigenvalue weighted by Crippen LogP contribution is 2.22. The highest BCUT2D eigenvalue weighted by atomic mass is 16.3. The Morgan fingerprint density at radius 2 is 1.93 bits per heavy atom. The van der Waals surface area contributed by atoms with E-state index in [-0.39, 0.29) is 12.4 Å². The summed E-state index contributed by atoms with van der Waals surface area (Å²) in [4.78, 5) is 11.5. The third-order valence-corrected chi connectivity index (χ3v) is 2.54. The van der Waals surface area contributed by atoms with Crippen LogP contribution in [0.4, 0.5) is 0 Å². The highest BCUT2D eigenvalue weighted by molar-refractivity contribution is 6.08. The van der Waals surface area contributed by atoms with Gasteiger partial charge >= 0.3 is 0 Å².